The fraction of sp³-hybridized carbons (Fsp3) is 0.873. The molecule has 0 aromatic carbocycles. The minimum absolute atomic E-state index is 0.0447. The zero-order valence-electron chi connectivity index (χ0n) is 42.3. The highest BCUT2D eigenvalue weighted by Gasteiger charge is 2.25. The van der Waals surface area contributed by atoms with E-state index < -0.39 is 18.1 Å². The molecule has 0 heterocycles. The maximum atomic E-state index is 12.8. The molecule has 0 radical (unpaired) electrons. The third kappa shape index (κ3) is 44.8. The van der Waals surface area contributed by atoms with Crippen LogP contribution < -0.4 is 5.11 Å². The molecule has 0 fully saturated rings. The van der Waals surface area contributed by atoms with Crippen molar-refractivity contribution in [3.63, 3.8) is 0 Å². The smallest absolute Gasteiger partial charge is 0.306 e. The second-order valence-electron chi connectivity index (χ2n) is 19.5. The molecule has 0 aromatic heterocycles. The quantitative estimate of drug-likeness (QED) is 0.0259. The zero-order chi connectivity index (χ0) is 46.3. The van der Waals surface area contributed by atoms with Crippen LogP contribution >= 0.6 is 0 Å². The molecule has 0 N–H and O–H groups in total. The Labute approximate surface area is 390 Å². The Morgan fingerprint density at radius 1 is 0.476 bits per heavy atom. The maximum Gasteiger partial charge on any atom is 0.306 e. The molecule has 0 amide bonds. The van der Waals surface area contributed by atoms with Crippen molar-refractivity contribution >= 4 is 17.9 Å². The van der Waals surface area contributed by atoms with Crippen molar-refractivity contribution in [2.45, 2.75) is 270 Å². The number of hydrogen-bond acceptors (Lipinski definition) is 7. The first-order valence-electron chi connectivity index (χ1n) is 26.9. The van der Waals surface area contributed by atoms with Crippen LogP contribution in [0.2, 0.25) is 0 Å². The van der Waals surface area contributed by atoms with Crippen molar-refractivity contribution in [2.75, 3.05) is 41.0 Å². The molecule has 8 nitrogen and oxygen atoms in total. The molecular weight excluding hydrogens is 787 g/mol. The fourth-order valence-electron chi connectivity index (χ4n) is 8.18. The molecule has 0 saturated carbocycles. The topological polar surface area (TPSA) is 102 Å². The van der Waals surface area contributed by atoms with Gasteiger partial charge in [-0.2, -0.15) is 0 Å². The number of unbranched alkanes of at least 4 members (excludes halogenated alkanes) is 32. The lowest BCUT2D eigenvalue weighted by atomic mass is 10.0. The Kier molecular flexibility index (Phi) is 44.7. The predicted molar refractivity (Wildman–Crippen MR) is 264 cm³/mol. The Bertz CT molecular complexity index is 1080. The number of carbonyl (C=O) groups excluding carboxylic acids is 3. The van der Waals surface area contributed by atoms with Crippen LogP contribution in [-0.4, -0.2) is 75.5 Å². The van der Waals surface area contributed by atoms with Gasteiger partial charge in [-0.15, -0.1) is 0 Å². The lowest BCUT2D eigenvalue weighted by Crippen LogP contribution is -2.55. The molecule has 0 aliphatic heterocycles. The van der Waals surface area contributed by atoms with Crippen molar-refractivity contribution in [3.05, 3.63) is 24.3 Å². The summed E-state index contributed by atoms with van der Waals surface area (Å²) in [5, 5.41) is 11.7. The van der Waals surface area contributed by atoms with Gasteiger partial charge in [0.25, 0.3) is 0 Å². The van der Waals surface area contributed by atoms with Crippen LogP contribution in [0.5, 0.6) is 0 Å². The number of aliphatic carboxylic acids is 1. The Hall–Kier alpha value is -2.19. The molecular formula is C55H103NO7. The number of ether oxygens (including phenoxy) is 3. The van der Waals surface area contributed by atoms with Gasteiger partial charge in [-0.05, 0) is 38.5 Å². The van der Waals surface area contributed by atoms with Gasteiger partial charge in [0.05, 0.1) is 40.3 Å². The van der Waals surface area contributed by atoms with Crippen LogP contribution in [0.1, 0.15) is 258 Å². The summed E-state index contributed by atoms with van der Waals surface area (Å²) >= 11 is 0. The number of rotatable bonds is 49. The number of esters is 2. The van der Waals surface area contributed by atoms with Crippen LogP contribution in [0.3, 0.4) is 0 Å². The monoisotopic (exact) mass is 890 g/mol. The van der Waals surface area contributed by atoms with E-state index in [2.05, 4.69) is 38.2 Å². The molecule has 370 valence electrons. The predicted octanol–water partition coefficient (Wildman–Crippen LogP) is 14.3. The van der Waals surface area contributed by atoms with Gasteiger partial charge in [0.15, 0.2) is 6.10 Å². The summed E-state index contributed by atoms with van der Waals surface area (Å²) in [5.41, 5.74) is 0. The molecule has 2 atom stereocenters. The first-order valence-corrected chi connectivity index (χ1v) is 26.9. The summed E-state index contributed by atoms with van der Waals surface area (Å²) < 4.78 is 17.3. The van der Waals surface area contributed by atoms with Gasteiger partial charge in [0, 0.05) is 19.3 Å². The van der Waals surface area contributed by atoms with E-state index in [9.17, 15) is 19.5 Å². The Morgan fingerprint density at radius 3 is 1.21 bits per heavy atom. The van der Waals surface area contributed by atoms with Gasteiger partial charge in [-0.25, -0.2) is 0 Å². The number of carboxylic acids is 1. The van der Waals surface area contributed by atoms with E-state index in [0.29, 0.717) is 12.8 Å². The summed E-state index contributed by atoms with van der Waals surface area (Å²) in [6.45, 7) is 4.69. The zero-order valence-corrected chi connectivity index (χ0v) is 42.3. The first-order chi connectivity index (χ1) is 30.6. The molecule has 0 spiro atoms. The standard InChI is InChI=1S/C55H103NO7/c1-6-8-10-12-14-16-18-20-22-24-26-28-29-31-33-35-37-39-41-43-45-53(57)62-50-51(49-61-48-47-52(55(59)60)56(3,4)5)63-54(58)46-44-42-40-38-36-34-32-30-27-25-23-21-19-17-15-13-11-9-7-2/h16,18,20,22,51-52H,6-15,17,19,21,23-50H2,1-5H3/b18-16+,22-20+. The van der Waals surface area contributed by atoms with Crippen molar-refractivity contribution in [1.82, 2.24) is 0 Å². The van der Waals surface area contributed by atoms with Gasteiger partial charge in [-0.1, -0.05) is 224 Å². The van der Waals surface area contributed by atoms with Crippen molar-refractivity contribution < 1.29 is 38.2 Å². The van der Waals surface area contributed by atoms with E-state index in [1.54, 1.807) is 0 Å². The van der Waals surface area contributed by atoms with Crippen molar-refractivity contribution in [3.8, 4) is 0 Å². The molecule has 0 rings (SSSR count). The summed E-state index contributed by atoms with van der Waals surface area (Å²) in [6.07, 6.45) is 53.5. The number of nitrogens with zero attached hydrogens (tertiary/aromatic N) is 1. The SMILES string of the molecule is CCCCCC/C=C/C=C/CCCCCCCCCCCCC(=O)OCC(COCCC(C(=O)[O-])[N+](C)(C)C)OC(=O)CCCCCCCCCCCCCCCCCCCCC. The van der Waals surface area contributed by atoms with Crippen LogP contribution in [0, 0.1) is 0 Å². The largest absolute Gasteiger partial charge is 0.544 e. The third-order valence-corrected chi connectivity index (χ3v) is 12.4. The molecule has 0 saturated heterocycles. The van der Waals surface area contributed by atoms with Crippen LogP contribution in [-0.2, 0) is 28.6 Å². The van der Waals surface area contributed by atoms with E-state index in [1.165, 1.54) is 186 Å². The molecule has 0 aromatic rings. The molecule has 8 heteroatoms. The van der Waals surface area contributed by atoms with Crippen LogP contribution in [0.25, 0.3) is 0 Å². The number of allylic oxidation sites excluding steroid dienone is 4. The summed E-state index contributed by atoms with van der Waals surface area (Å²) in [7, 11) is 5.43. The highest BCUT2D eigenvalue weighted by atomic mass is 16.6. The van der Waals surface area contributed by atoms with E-state index >= 15 is 0 Å². The minimum Gasteiger partial charge on any atom is -0.544 e. The number of carbonyl (C=O) groups is 3. The second-order valence-corrected chi connectivity index (χ2v) is 19.5. The lowest BCUT2D eigenvalue weighted by Gasteiger charge is -2.34. The first kappa shape index (κ1) is 60.8. The summed E-state index contributed by atoms with van der Waals surface area (Å²) in [4.78, 5) is 37.1. The van der Waals surface area contributed by atoms with Crippen LogP contribution in [0.15, 0.2) is 24.3 Å². The summed E-state index contributed by atoms with van der Waals surface area (Å²) in [6, 6.07) is -0.724. The average Bonchev–Trinajstić information content (AvgIpc) is 3.24. The molecule has 0 bridgehead atoms. The van der Waals surface area contributed by atoms with Crippen LogP contribution in [0.4, 0.5) is 0 Å². The van der Waals surface area contributed by atoms with Gasteiger partial charge >= 0.3 is 11.9 Å². The van der Waals surface area contributed by atoms with E-state index in [4.69, 9.17) is 14.2 Å². The van der Waals surface area contributed by atoms with Gasteiger partial charge in [-0.3, -0.25) is 9.59 Å². The van der Waals surface area contributed by atoms with Gasteiger partial charge < -0.3 is 28.6 Å². The highest BCUT2D eigenvalue weighted by Crippen LogP contribution is 2.17. The maximum absolute atomic E-state index is 12.8. The van der Waals surface area contributed by atoms with E-state index in [1.807, 2.05) is 21.1 Å². The molecule has 0 aliphatic rings. The normalized spacial score (nSPS) is 13.0. The lowest BCUT2D eigenvalue weighted by molar-refractivity contribution is -0.889. The number of carboxylic acid groups (broad SMARTS) is 1. The molecule has 2 unspecified atom stereocenters. The number of hydrogen-bond donors (Lipinski definition) is 0. The second kappa shape index (κ2) is 46.3. The van der Waals surface area contributed by atoms with Crippen molar-refractivity contribution in [2.24, 2.45) is 0 Å². The fourth-order valence-corrected chi connectivity index (χ4v) is 8.18. The van der Waals surface area contributed by atoms with E-state index in [-0.39, 0.29) is 42.7 Å². The average molecular weight is 890 g/mol. The minimum atomic E-state index is -1.12. The number of quaternary nitrogens is 1. The molecule has 63 heavy (non-hydrogen) atoms. The molecule has 0 aliphatic carbocycles. The van der Waals surface area contributed by atoms with E-state index in [0.717, 1.165) is 38.5 Å². The van der Waals surface area contributed by atoms with Gasteiger partial charge in [0.1, 0.15) is 12.6 Å². The third-order valence-electron chi connectivity index (χ3n) is 12.4. The van der Waals surface area contributed by atoms with Crippen molar-refractivity contribution in [1.29, 1.82) is 0 Å². The Balaban J connectivity index is 4.19. The van der Waals surface area contributed by atoms with Gasteiger partial charge in [0.2, 0.25) is 0 Å². The Morgan fingerprint density at radius 2 is 0.825 bits per heavy atom. The highest BCUT2D eigenvalue weighted by molar-refractivity contribution is 5.70. The number of likely N-dealkylation sites (N-methyl/N-ethyl adjacent to an activating group) is 1. The summed E-state index contributed by atoms with van der Waals surface area (Å²) in [5.74, 6) is -1.72.